The van der Waals surface area contributed by atoms with Gasteiger partial charge in [0.25, 0.3) is 0 Å². The Bertz CT molecular complexity index is 266. The summed E-state index contributed by atoms with van der Waals surface area (Å²) in [5.74, 6) is 0. The van der Waals surface area contributed by atoms with Crippen molar-refractivity contribution >= 4 is 0 Å². The van der Waals surface area contributed by atoms with E-state index < -0.39 is 0 Å². The average Bonchev–Trinajstić information content (AvgIpc) is 2.52. The molecule has 0 bridgehead atoms. The fraction of sp³-hybridized carbons (Fsp3) is 1.00. The van der Waals surface area contributed by atoms with Crippen LogP contribution in [0.4, 0.5) is 0 Å². The molecule has 144 valence electrons. The van der Waals surface area contributed by atoms with Crippen molar-refractivity contribution < 1.29 is 0 Å². The van der Waals surface area contributed by atoms with Gasteiger partial charge in [-0.1, -0.05) is 78.1 Å². The number of nitrogens with zero attached hydrogens (tertiary/aromatic N) is 2. The van der Waals surface area contributed by atoms with Crippen molar-refractivity contribution in [1.82, 2.24) is 9.80 Å². The van der Waals surface area contributed by atoms with E-state index in [-0.39, 0.29) is 0 Å². The molecule has 0 amide bonds. The van der Waals surface area contributed by atoms with E-state index in [0.717, 1.165) is 18.1 Å². The second-order valence-electron chi connectivity index (χ2n) is 8.43. The van der Waals surface area contributed by atoms with Gasteiger partial charge in [-0.15, -0.1) is 0 Å². The van der Waals surface area contributed by atoms with Crippen molar-refractivity contribution in [2.75, 3.05) is 20.1 Å². The lowest BCUT2D eigenvalue weighted by atomic mass is 9.95. The summed E-state index contributed by atoms with van der Waals surface area (Å²) < 4.78 is 0. The summed E-state index contributed by atoms with van der Waals surface area (Å²) in [6.07, 6.45) is 17.0. The molecule has 1 aliphatic heterocycles. The van der Waals surface area contributed by atoms with Crippen LogP contribution in [0.15, 0.2) is 0 Å². The number of rotatable bonds is 13. The molecule has 1 fully saturated rings. The minimum absolute atomic E-state index is 0.718. The highest BCUT2D eigenvalue weighted by Gasteiger charge is 2.32. The quantitative estimate of drug-likeness (QED) is 0.374. The molecule has 0 aliphatic carbocycles. The third kappa shape index (κ3) is 8.34. The summed E-state index contributed by atoms with van der Waals surface area (Å²) in [6.45, 7) is 12.0. The third-order valence-corrected chi connectivity index (χ3v) is 5.87. The van der Waals surface area contributed by atoms with E-state index in [1.165, 1.54) is 90.1 Å². The predicted molar refractivity (Wildman–Crippen MR) is 109 cm³/mol. The summed E-state index contributed by atoms with van der Waals surface area (Å²) in [4.78, 5) is 5.41. The van der Waals surface area contributed by atoms with E-state index in [0.29, 0.717) is 0 Å². The highest BCUT2D eigenvalue weighted by molar-refractivity contribution is 4.88. The minimum Gasteiger partial charge on any atom is -0.303 e. The number of hydrogen-bond acceptors (Lipinski definition) is 2. The number of unbranched alkanes of at least 4 members (excludes halogenated alkanes) is 8. The molecule has 1 heterocycles. The molecule has 2 heteroatoms. The Kier molecular flexibility index (Phi) is 12.0. The Morgan fingerprint density at radius 2 is 1.12 bits per heavy atom. The summed E-state index contributed by atoms with van der Waals surface area (Å²) in [5.41, 5.74) is 0. The van der Waals surface area contributed by atoms with Crippen LogP contribution in [-0.2, 0) is 0 Å². The van der Waals surface area contributed by atoms with Gasteiger partial charge in [0, 0.05) is 31.2 Å². The van der Waals surface area contributed by atoms with E-state index in [4.69, 9.17) is 0 Å². The molecule has 1 aliphatic rings. The van der Waals surface area contributed by atoms with E-state index in [2.05, 4.69) is 44.5 Å². The lowest BCUT2D eigenvalue weighted by molar-refractivity contribution is 0.00888. The van der Waals surface area contributed by atoms with Crippen molar-refractivity contribution in [2.45, 2.75) is 123 Å². The maximum atomic E-state index is 2.89. The first-order chi connectivity index (χ1) is 11.6. The standard InChI is InChI=1S/C22H46N2/c1-6-8-10-12-14-16-22(17-15-13-11-9-7-2)24-20(3)18-23(5)19-21(24)4/h20-22H,6-19H2,1-5H3/t20-,21+. The lowest BCUT2D eigenvalue weighted by Gasteiger charge is -2.47. The van der Waals surface area contributed by atoms with Crippen LogP contribution in [0.25, 0.3) is 0 Å². The molecule has 0 unspecified atom stereocenters. The van der Waals surface area contributed by atoms with E-state index in [1.54, 1.807) is 0 Å². The Morgan fingerprint density at radius 3 is 1.54 bits per heavy atom. The monoisotopic (exact) mass is 338 g/mol. The summed E-state index contributed by atoms with van der Waals surface area (Å²) in [6, 6.07) is 2.26. The molecule has 2 nitrogen and oxygen atoms in total. The summed E-state index contributed by atoms with van der Waals surface area (Å²) >= 11 is 0. The fourth-order valence-electron chi connectivity index (χ4n) is 4.73. The highest BCUT2D eigenvalue weighted by Crippen LogP contribution is 2.25. The largest absolute Gasteiger partial charge is 0.303 e. The van der Waals surface area contributed by atoms with Gasteiger partial charge < -0.3 is 4.90 Å². The Labute approximate surface area is 153 Å². The van der Waals surface area contributed by atoms with E-state index in [9.17, 15) is 0 Å². The van der Waals surface area contributed by atoms with Crippen LogP contribution < -0.4 is 0 Å². The van der Waals surface area contributed by atoms with Crippen LogP contribution in [-0.4, -0.2) is 48.1 Å². The van der Waals surface area contributed by atoms with Gasteiger partial charge in [0.15, 0.2) is 0 Å². The zero-order chi connectivity index (χ0) is 17.8. The maximum absolute atomic E-state index is 2.89. The van der Waals surface area contributed by atoms with E-state index in [1.807, 2.05) is 0 Å². The zero-order valence-electron chi connectivity index (χ0n) is 17.5. The number of piperazine rings is 1. The normalized spacial score (nSPS) is 23.2. The average molecular weight is 339 g/mol. The molecule has 0 aromatic heterocycles. The maximum Gasteiger partial charge on any atom is 0.0201 e. The lowest BCUT2D eigenvalue weighted by Crippen LogP contribution is -2.58. The third-order valence-electron chi connectivity index (χ3n) is 5.87. The number of likely N-dealkylation sites (N-methyl/N-ethyl adjacent to an activating group) is 1. The van der Waals surface area contributed by atoms with Gasteiger partial charge in [0.1, 0.15) is 0 Å². The molecule has 24 heavy (non-hydrogen) atoms. The van der Waals surface area contributed by atoms with Gasteiger partial charge in [-0.3, -0.25) is 4.90 Å². The molecule has 0 aromatic carbocycles. The zero-order valence-corrected chi connectivity index (χ0v) is 17.5. The van der Waals surface area contributed by atoms with Gasteiger partial charge >= 0.3 is 0 Å². The molecule has 1 rings (SSSR count). The SMILES string of the molecule is CCCCCCCC(CCCCCCC)N1[C@H](C)CN(C)C[C@@H]1C. The molecule has 2 atom stereocenters. The first kappa shape index (κ1) is 22.0. The fourth-order valence-corrected chi connectivity index (χ4v) is 4.73. The summed E-state index contributed by atoms with van der Waals surface area (Å²) in [5, 5.41) is 0. The van der Waals surface area contributed by atoms with Crippen LogP contribution in [0.1, 0.15) is 105 Å². The summed E-state index contributed by atoms with van der Waals surface area (Å²) in [7, 11) is 2.29. The van der Waals surface area contributed by atoms with Crippen LogP contribution >= 0.6 is 0 Å². The topological polar surface area (TPSA) is 6.48 Å². The molecule has 0 aromatic rings. The smallest absolute Gasteiger partial charge is 0.0201 e. The first-order valence-corrected chi connectivity index (χ1v) is 11.1. The highest BCUT2D eigenvalue weighted by atomic mass is 15.3. The van der Waals surface area contributed by atoms with Crippen molar-refractivity contribution in [3.05, 3.63) is 0 Å². The van der Waals surface area contributed by atoms with Crippen molar-refractivity contribution in [3.8, 4) is 0 Å². The van der Waals surface area contributed by atoms with Gasteiger partial charge in [-0.2, -0.15) is 0 Å². The van der Waals surface area contributed by atoms with E-state index >= 15 is 0 Å². The predicted octanol–water partition coefficient (Wildman–Crippen LogP) is 6.10. The van der Waals surface area contributed by atoms with Crippen molar-refractivity contribution in [2.24, 2.45) is 0 Å². The minimum atomic E-state index is 0.718. The van der Waals surface area contributed by atoms with Gasteiger partial charge in [-0.05, 0) is 33.7 Å². The second kappa shape index (κ2) is 13.2. The van der Waals surface area contributed by atoms with Gasteiger partial charge in [-0.25, -0.2) is 0 Å². The molecule has 0 N–H and O–H groups in total. The molecular weight excluding hydrogens is 292 g/mol. The Morgan fingerprint density at radius 1 is 0.708 bits per heavy atom. The van der Waals surface area contributed by atoms with Crippen LogP contribution in [0.5, 0.6) is 0 Å². The van der Waals surface area contributed by atoms with Crippen LogP contribution in [0.2, 0.25) is 0 Å². The number of hydrogen-bond donors (Lipinski definition) is 0. The molecule has 0 saturated carbocycles. The Balaban J connectivity index is 2.48. The van der Waals surface area contributed by atoms with Crippen LogP contribution in [0, 0.1) is 0 Å². The molecule has 0 spiro atoms. The van der Waals surface area contributed by atoms with Crippen molar-refractivity contribution in [1.29, 1.82) is 0 Å². The Hall–Kier alpha value is -0.0800. The first-order valence-electron chi connectivity index (χ1n) is 11.1. The molecular formula is C22H46N2. The molecule has 1 saturated heterocycles. The van der Waals surface area contributed by atoms with Crippen molar-refractivity contribution in [3.63, 3.8) is 0 Å². The van der Waals surface area contributed by atoms with Gasteiger partial charge in [0.2, 0.25) is 0 Å². The van der Waals surface area contributed by atoms with Gasteiger partial charge in [0.05, 0.1) is 0 Å². The second-order valence-corrected chi connectivity index (χ2v) is 8.43. The van der Waals surface area contributed by atoms with Crippen LogP contribution in [0.3, 0.4) is 0 Å². The molecule has 0 radical (unpaired) electrons.